The fourth-order valence-electron chi connectivity index (χ4n) is 2.61. The lowest BCUT2D eigenvalue weighted by molar-refractivity contribution is -0.122. The topological polar surface area (TPSA) is 86.4 Å². The lowest BCUT2D eigenvalue weighted by atomic mass is 10.1. The van der Waals surface area contributed by atoms with Gasteiger partial charge in [-0.2, -0.15) is 10.4 Å². The zero-order valence-corrected chi connectivity index (χ0v) is 19.1. The van der Waals surface area contributed by atoms with Crippen LogP contribution in [-0.4, -0.2) is 23.1 Å². The molecule has 4 rings (SSSR count). The first kappa shape index (κ1) is 24.7. The number of aryl methyl sites for hydroxylation is 2. The summed E-state index contributed by atoms with van der Waals surface area (Å²) in [6.45, 7) is 6.64. The minimum Gasteiger partial charge on any atom is -0.483 e. The van der Waals surface area contributed by atoms with E-state index in [4.69, 9.17) is 14.8 Å². The number of aromatic nitrogens is 1. The van der Waals surface area contributed by atoms with Crippen molar-refractivity contribution < 1.29 is 14.8 Å². The Kier molecular flexibility index (Phi) is 10.6. The van der Waals surface area contributed by atoms with Crippen LogP contribution in [0.15, 0.2) is 66.9 Å². The van der Waals surface area contributed by atoms with Crippen LogP contribution >= 0.6 is 11.3 Å². The van der Waals surface area contributed by atoms with Gasteiger partial charge in [0.2, 0.25) is 0 Å². The third kappa shape index (κ3) is 8.28. The number of hydrogen-bond donors (Lipinski definition) is 4. The van der Waals surface area contributed by atoms with Crippen molar-refractivity contribution in [2.24, 2.45) is 0 Å². The van der Waals surface area contributed by atoms with Gasteiger partial charge in [-0.3, -0.25) is 4.79 Å². The Hall–Kier alpha value is -3.57. The molecule has 2 aromatic heterocycles. The molecular weight excluding hydrogens is 422 g/mol. The molecule has 2 aromatic carbocycles. The molecule has 6 nitrogen and oxygen atoms in total. The minimum atomic E-state index is -0.250. The number of rotatable bonds is 4. The van der Waals surface area contributed by atoms with Crippen LogP contribution in [0.25, 0.3) is 10.9 Å². The highest BCUT2D eigenvalue weighted by molar-refractivity contribution is 7.16. The van der Waals surface area contributed by atoms with Crippen molar-refractivity contribution in [1.82, 2.24) is 10.5 Å². The first-order valence-corrected chi connectivity index (χ1v) is 10.8. The van der Waals surface area contributed by atoms with Crippen LogP contribution in [0.1, 0.15) is 28.5 Å². The molecule has 7 heteroatoms. The van der Waals surface area contributed by atoms with Gasteiger partial charge < -0.3 is 10.1 Å². The summed E-state index contributed by atoms with van der Waals surface area (Å²) in [6, 6.07) is 20.4. The number of carboxylic acid groups (broad SMARTS) is 1. The fourth-order valence-corrected chi connectivity index (χ4v) is 3.30. The molecule has 0 saturated heterocycles. The molecule has 0 unspecified atom stereocenters. The van der Waals surface area contributed by atoms with E-state index in [1.165, 1.54) is 22.0 Å². The smallest absolute Gasteiger partial charge is 0.290 e. The van der Waals surface area contributed by atoms with E-state index in [0.717, 1.165) is 22.0 Å². The van der Waals surface area contributed by atoms with Crippen LogP contribution in [0.2, 0.25) is 0 Å². The first-order valence-electron chi connectivity index (χ1n) is 10.0. The number of hydrogen-bond acceptors (Lipinski definition) is 5. The molecule has 0 aliphatic carbocycles. The van der Waals surface area contributed by atoms with Gasteiger partial charge in [0.25, 0.3) is 6.47 Å². The largest absolute Gasteiger partial charge is 0.483 e. The number of H-pyrrole nitrogens is 1. The molecule has 0 fully saturated rings. The van der Waals surface area contributed by atoms with Gasteiger partial charge in [0.1, 0.15) is 5.00 Å². The summed E-state index contributed by atoms with van der Waals surface area (Å²) in [7, 11) is 0. The Morgan fingerprint density at radius 1 is 1.06 bits per heavy atom. The number of aromatic amines is 1. The maximum Gasteiger partial charge on any atom is 0.290 e. The van der Waals surface area contributed by atoms with Crippen molar-refractivity contribution in [2.75, 3.05) is 12.0 Å². The van der Waals surface area contributed by atoms with E-state index in [2.05, 4.69) is 72.0 Å². The maximum atomic E-state index is 8.36. The molecule has 32 heavy (non-hydrogen) atoms. The third-order valence-electron chi connectivity index (χ3n) is 4.15. The molecule has 0 amide bonds. The van der Waals surface area contributed by atoms with Crippen LogP contribution in [-0.2, 0) is 9.73 Å². The number of carbonyl (C=O) groups is 1. The summed E-state index contributed by atoms with van der Waals surface area (Å²) in [5, 5.41) is 9.14. The van der Waals surface area contributed by atoms with E-state index in [0.29, 0.717) is 0 Å². The highest BCUT2D eigenvalue weighted by Gasteiger charge is 1.97. The molecular formula is C25H27N3O3S. The lowest BCUT2D eigenvalue weighted by Gasteiger charge is -2.01. The van der Waals surface area contributed by atoms with Crippen LogP contribution in [0.4, 0.5) is 5.00 Å². The van der Waals surface area contributed by atoms with E-state index < -0.39 is 0 Å². The second kappa shape index (κ2) is 13.7. The molecule has 0 aliphatic heterocycles. The number of hydroxylamine groups is 1. The van der Waals surface area contributed by atoms with Crippen LogP contribution in [0.5, 0.6) is 0 Å². The summed E-state index contributed by atoms with van der Waals surface area (Å²) in [5.74, 6) is 6.29. The van der Waals surface area contributed by atoms with Gasteiger partial charge in [-0.25, -0.2) is 5.48 Å². The average Bonchev–Trinajstić information content (AvgIpc) is 3.42. The maximum absolute atomic E-state index is 8.36. The van der Waals surface area contributed by atoms with Gasteiger partial charge in [-0.05, 0) is 49.7 Å². The number of benzene rings is 2. The predicted octanol–water partition coefficient (Wildman–Crippen LogP) is 5.50. The number of anilines is 1. The van der Waals surface area contributed by atoms with Gasteiger partial charge in [0.15, 0.2) is 0 Å². The standard InChI is InChI=1S/C15H16N2OS.C9H9N.CH2O2/c1-3-16-18-17-15-11-10-14(19-15)9-8-13-6-4-12(2)5-7-13;1-7-6-10-9-5-3-2-4-8(7)9;2-1-3/h4-7,10-11,16-17H,3H2,1-2H3;2-6,10H,1H3;1H,(H,2,3). The van der Waals surface area contributed by atoms with Gasteiger partial charge >= 0.3 is 0 Å². The average molecular weight is 450 g/mol. The first-order chi connectivity index (χ1) is 15.6. The zero-order valence-electron chi connectivity index (χ0n) is 18.3. The molecule has 0 aliphatic rings. The quantitative estimate of drug-likeness (QED) is 0.143. The zero-order chi connectivity index (χ0) is 23.2. The summed E-state index contributed by atoms with van der Waals surface area (Å²) in [5.41, 5.74) is 10.3. The van der Waals surface area contributed by atoms with E-state index in [1.807, 2.05) is 43.5 Å². The molecule has 0 spiro atoms. The van der Waals surface area contributed by atoms with E-state index >= 15 is 0 Å². The van der Waals surface area contributed by atoms with Gasteiger partial charge in [-0.1, -0.05) is 54.7 Å². The number of fused-ring (bicyclic) bond motifs is 1. The van der Waals surface area contributed by atoms with Crippen molar-refractivity contribution >= 4 is 33.7 Å². The van der Waals surface area contributed by atoms with Gasteiger partial charge in [0, 0.05) is 29.2 Å². The van der Waals surface area contributed by atoms with E-state index in [-0.39, 0.29) is 6.47 Å². The highest BCUT2D eigenvalue weighted by Crippen LogP contribution is 2.20. The van der Waals surface area contributed by atoms with Crippen LogP contribution in [0, 0.1) is 25.7 Å². The fraction of sp³-hybridized carbons (Fsp3) is 0.160. The summed E-state index contributed by atoms with van der Waals surface area (Å²) >= 11 is 1.56. The summed E-state index contributed by atoms with van der Waals surface area (Å²) in [6.07, 6.45) is 2.03. The summed E-state index contributed by atoms with van der Waals surface area (Å²) in [4.78, 5) is 17.6. The number of nitrogens with one attached hydrogen (secondary N) is 3. The lowest BCUT2D eigenvalue weighted by Crippen LogP contribution is -2.17. The van der Waals surface area contributed by atoms with Gasteiger partial charge in [0.05, 0.1) is 4.88 Å². The Bertz CT molecular complexity index is 1150. The Balaban J connectivity index is 0.000000232. The molecule has 4 aromatic rings. The molecule has 4 N–H and O–H groups in total. The molecule has 0 atom stereocenters. The number of thiophene rings is 1. The Morgan fingerprint density at radius 2 is 1.78 bits per heavy atom. The van der Waals surface area contributed by atoms with Crippen molar-refractivity contribution in [3.63, 3.8) is 0 Å². The van der Waals surface area contributed by atoms with Gasteiger partial charge in [-0.15, -0.1) is 11.3 Å². The SMILES string of the molecule is CCNONc1ccc(C#Cc2ccc(C)cc2)s1.Cc1c[nH]c2ccccc12.O=CO. The summed E-state index contributed by atoms with van der Waals surface area (Å²) < 4.78 is 0. The minimum absolute atomic E-state index is 0.250. The van der Waals surface area contributed by atoms with Crippen molar-refractivity contribution in [3.05, 3.63) is 88.4 Å². The van der Waals surface area contributed by atoms with Crippen molar-refractivity contribution in [2.45, 2.75) is 20.8 Å². The van der Waals surface area contributed by atoms with Crippen LogP contribution < -0.4 is 11.0 Å². The molecule has 0 bridgehead atoms. The van der Waals surface area contributed by atoms with E-state index in [1.54, 1.807) is 11.3 Å². The van der Waals surface area contributed by atoms with Crippen LogP contribution in [0.3, 0.4) is 0 Å². The Morgan fingerprint density at radius 3 is 2.47 bits per heavy atom. The Labute approximate surface area is 192 Å². The van der Waals surface area contributed by atoms with Crippen molar-refractivity contribution in [3.8, 4) is 11.8 Å². The van der Waals surface area contributed by atoms with Crippen molar-refractivity contribution in [1.29, 1.82) is 0 Å². The molecule has 166 valence electrons. The third-order valence-corrected chi connectivity index (χ3v) is 5.05. The highest BCUT2D eigenvalue weighted by atomic mass is 32.1. The molecule has 0 radical (unpaired) electrons. The predicted molar refractivity (Wildman–Crippen MR) is 132 cm³/mol. The second-order valence-electron chi connectivity index (χ2n) is 6.60. The molecule has 0 saturated carbocycles. The monoisotopic (exact) mass is 449 g/mol. The molecule has 2 heterocycles. The number of para-hydroxylation sites is 1. The normalized spacial score (nSPS) is 9.47. The second-order valence-corrected chi connectivity index (χ2v) is 7.69. The van der Waals surface area contributed by atoms with E-state index in [9.17, 15) is 0 Å².